The lowest BCUT2D eigenvalue weighted by atomic mass is 10.1. The molecule has 0 atom stereocenters. The van der Waals surface area contributed by atoms with Gasteiger partial charge in [-0.15, -0.1) is 0 Å². The Bertz CT molecular complexity index is 327. The van der Waals surface area contributed by atoms with Crippen LogP contribution in [0.15, 0.2) is 24.3 Å². The summed E-state index contributed by atoms with van der Waals surface area (Å²) in [6, 6.07) is 8.11. The smallest absolute Gasteiger partial charge is 0.118 e. The molecule has 1 aromatic carbocycles. The highest BCUT2D eigenvalue weighted by Gasteiger charge is 1.98. The molecule has 0 aliphatic carbocycles. The lowest BCUT2D eigenvalue weighted by molar-refractivity contribution is 0.100. The van der Waals surface area contributed by atoms with Gasteiger partial charge >= 0.3 is 0 Å². The molecule has 0 amide bonds. The minimum Gasteiger partial charge on any atom is -0.497 e. The number of likely N-dealkylation sites (N-methyl/N-ethyl adjacent to an activating group) is 1. The van der Waals surface area contributed by atoms with E-state index in [1.165, 1.54) is 5.56 Å². The van der Waals surface area contributed by atoms with Crippen molar-refractivity contribution in [1.82, 2.24) is 4.90 Å². The van der Waals surface area contributed by atoms with Crippen LogP contribution in [-0.4, -0.2) is 59.1 Å². The van der Waals surface area contributed by atoms with E-state index in [0.717, 1.165) is 45.1 Å². The van der Waals surface area contributed by atoms with Crippen LogP contribution in [-0.2, 0) is 15.9 Å². The normalized spacial score (nSPS) is 10.9. The Hall–Kier alpha value is -1.10. The topological polar surface area (TPSA) is 30.9 Å². The Morgan fingerprint density at radius 1 is 0.947 bits per heavy atom. The van der Waals surface area contributed by atoms with Gasteiger partial charge in [-0.2, -0.15) is 0 Å². The molecule has 19 heavy (non-hydrogen) atoms. The van der Waals surface area contributed by atoms with E-state index in [0.29, 0.717) is 0 Å². The van der Waals surface area contributed by atoms with Gasteiger partial charge in [-0.1, -0.05) is 12.1 Å². The largest absolute Gasteiger partial charge is 0.497 e. The zero-order valence-corrected chi connectivity index (χ0v) is 12.2. The zero-order valence-electron chi connectivity index (χ0n) is 12.2. The third-order valence-electron chi connectivity index (χ3n) is 2.99. The van der Waals surface area contributed by atoms with Crippen LogP contribution >= 0.6 is 0 Å². The summed E-state index contributed by atoms with van der Waals surface area (Å²) < 4.78 is 15.8. The molecule has 1 aromatic rings. The van der Waals surface area contributed by atoms with Crippen LogP contribution in [0.5, 0.6) is 5.75 Å². The van der Waals surface area contributed by atoms with E-state index in [4.69, 9.17) is 14.2 Å². The predicted octanol–water partition coefficient (Wildman–Crippen LogP) is 1.83. The minimum absolute atomic E-state index is 0.754. The van der Waals surface area contributed by atoms with Crippen LogP contribution < -0.4 is 4.74 Å². The SMILES string of the molecule is COCCN(C)CCOCCc1ccc(OC)cc1. The summed E-state index contributed by atoms with van der Waals surface area (Å²) in [6.45, 7) is 4.16. The molecule has 0 spiro atoms. The van der Waals surface area contributed by atoms with Gasteiger partial charge in [0.05, 0.1) is 26.9 Å². The second-order valence-electron chi connectivity index (χ2n) is 4.51. The van der Waals surface area contributed by atoms with E-state index in [9.17, 15) is 0 Å². The molecule has 0 aliphatic rings. The summed E-state index contributed by atoms with van der Waals surface area (Å²) >= 11 is 0. The van der Waals surface area contributed by atoms with Crippen molar-refractivity contribution in [2.24, 2.45) is 0 Å². The average molecular weight is 267 g/mol. The Balaban J connectivity index is 2.06. The van der Waals surface area contributed by atoms with E-state index in [1.54, 1.807) is 14.2 Å². The molecule has 0 saturated heterocycles. The lowest BCUT2D eigenvalue weighted by Gasteiger charge is -2.15. The van der Waals surface area contributed by atoms with Gasteiger partial charge in [0.2, 0.25) is 0 Å². The molecule has 4 nitrogen and oxygen atoms in total. The first-order valence-electron chi connectivity index (χ1n) is 6.64. The van der Waals surface area contributed by atoms with Crippen molar-refractivity contribution in [2.75, 3.05) is 54.2 Å². The summed E-state index contributed by atoms with van der Waals surface area (Å²) in [6.07, 6.45) is 0.936. The molecule has 1 rings (SSSR count). The molecule has 0 bridgehead atoms. The van der Waals surface area contributed by atoms with Crippen molar-refractivity contribution in [2.45, 2.75) is 6.42 Å². The number of ether oxygens (including phenoxy) is 3. The number of benzene rings is 1. The third-order valence-corrected chi connectivity index (χ3v) is 2.99. The number of methoxy groups -OCH3 is 2. The minimum atomic E-state index is 0.754. The van der Waals surface area contributed by atoms with E-state index < -0.39 is 0 Å². The van der Waals surface area contributed by atoms with Crippen molar-refractivity contribution in [3.05, 3.63) is 29.8 Å². The zero-order chi connectivity index (χ0) is 13.9. The van der Waals surface area contributed by atoms with Crippen LogP contribution in [0.3, 0.4) is 0 Å². The molecule has 108 valence electrons. The molecule has 0 heterocycles. The monoisotopic (exact) mass is 267 g/mol. The van der Waals surface area contributed by atoms with E-state index in [-0.39, 0.29) is 0 Å². The highest BCUT2D eigenvalue weighted by atomic mass is 16.5. The highest BCUT2D eigenvalue weighted by molar-refractivity contribution is 5.27. The first-order chi connectivity index (χ1) is 9.26. The molecule has 0 unspecified atom stereocenters. The molecular formula is C15H25NO3. The number of nitrogens with zero attached hydrogens (tertiary/aromatic N) is 1. The van der Waals surface area contributed by atoms with Gasteiger partial charge in [0, 0.05) is 20.2 Å². The molecule has 0 radical (unpaired) electrons. The Labute approximate surface area is 116 Å². The van der Waals surface area contributed by atoms with Crippen molar-refractivity contribution < 1.29 is 14.2 Å². The van der Waals surface area contributed by atoms with Gasteiger partial charge in [-0.3, -0.25) is 0 Å². The van der Waals surface area contributed by atoms with E-state index in [1.807, 2.05) is 12.1 Å². The fourth-order valence-corrected chi connectivity index (χ4v) is 1.66. The molecule has 0 fully saturated rings. The van der Waals surface area contributed by atoms with Crippen LogP contribution in [0.25, 0.3) is 0 Å². The van der Waals surface area contributed by atoms with Crippen molar-refractivity contribution >= 4 is 0 Å². The summed E-state index contributed by atoms with van der Waals surface area (Å²) in [4.78, 5) is 2.21. The first-order valence-corrected chi connectivity index (χ1v) is 6.64. The summed E-state index contributed by atoms with van der Waals surface area (Å²) in [7, 11) is 5.48. The number of rotatable bonds is 10. The summed E-state index contributed by atoms with van der Waals surface area (Å²) in [5, 5.41) is 0. The maximum absolute atomic E-state index is 5.63. The lowest BCUT2D eigenvalue weighted by Crippen LogP contribution is -2.27. The predicted molar refractivity (Wildman–Crippen MR) is 76.9 cm³/mol. The fraction of sp³-hybridized carbons (Fsp3) is 0.600. The molecule has 4 heteroatoms. The first kappa shape index (κ1) is 16.0. The molecular weight excluding hydrogens is 242 g/mol. The van der Waals surface area contributed by atoms with Crippen LogP contribution in [0.2, 0.25) is 0 Å². The van der Waals surface area contributed by atoms with Crippen molar-refractivity contribution in [3.8, 4) is 5.75 Å². The molecule has 0 aromatic heterocycles. The molecule has 0 N–H and O–H groups in total. The molecule has 0 aliphatic heterocycles. The van der Waals surface area contributed by atoms with Gasteiger partial charge in [0.25, 0.3) is 0 Å². The standard InChI is InChI=1S/C15H25NO3/c1-16(9-12-17-2)10-13-19-11-8-14-4-6-15(18-3)7-5-14/h4-7H,8-13H2,1-3H3. The van der Waals surface area contributed by atoms with Crippen LogP contribution in [0, 0.1) is 0 Å². The Morgan fingerprint density at radius 3 is 2.26 bits per heavy atom. The highest BCUT2D eigenvalue weighted by Crippen LogP contribution is 2.11. The Morgan fingerprint density at radius 2 is 1.63 bits per heavy atom. The maximum atomic E-state index is 5.63. The number of hydrogen-bond donors (Lipinski definition) is 0. The molecule has 0 saturated carbocycles. The van der Waals surface area contributed by atoms with E-state index in [2.05, 4.69) is 24.1 Å². The fourth-order valence-electron chi connectivity index (χ4n) is 1.66. The van der Waals surface area contributed by atoms with Gasteiger partial charge in [0.15, 0.2) is 0 Å². The van der Waals surface area contributed by atoms with Gasteiger partial charge < -0.3 is 19.1 Å². The van der Waals surface area contributed by atoms with Crippen LogP contribution in [0.4, 0.5) is 0 Å². The van der Waals surface area contributed by atoms with Crippen LogP contribution in [0.1, 0.15) is 5.56 Å². The van der Waals surface area contributed by atoms with Gasteiger partial charge in [-0.05, 0) is 31.2 Å². The number of hydrogen-bond acceptors (Lipinski definition) is 4. The quantitative estimate of drug-likeness (QED) is 0.605. The summed E-state index contributed by atoms with van der Waals surface area (Å²) in [5.74, 6) is 0.893. The second kappa shape index (κ2) is 9.78. The average Bonchev–Trinajstić information content (AvgIpc) is 2.45. The third kappa shape index (κ3) is 7.15. The maximum Gasteiger partial charge on any atom is 0.118 e. The van der Waals surface area contributed by atoms with Crippen molar-refractivity contribution in [3.63, 3.8) is 0 Å². The Kier molecular flexibility index (Phi) is 8.21. The summed E-state index contributed by atoms with van der Waals surface area (Å²) in [5.41, 5.74) is 1.27. The van der Waals surface area contributed by atoms with Gasteiger partial charge in [-0.25, -0.2) is 0 Å². The van der Waals surface area contributed by atoms with Gasteiger partial charge in [0.1, 0.15) is 5.75 Å². The second-order valence-corrected chi connectivity index (χ2v) is 4.51. The van der Waals surface area contributed by atoms with E-state index >= 15 is 0 Å². The van der Waals surface area contributed by atoms with Crippen molar-refractivity contribution in [1.29, 1.82) is 0 Å².